The van der Waals surface area contributed by atoms with Gasteiger partial charge in [-0.3, -0.25) is 0 Å². The van der Waals surface area contributed by atoms with Crippen LogP contribution in [0.3, 0.4) is 0 Å². The zero-order valence-electron chi connectivity index (χ0n) is 11.0. The van der Waals surface area contributed by atoms with Crippen molar-refractivity contribution >= 4 is 11.4 Å². The van der Waals surface area contributed by atoms with Gasteiger partial charge in [0.05, 0.1) is 23.0 Å². The maximum Gasteiger partial charge on any atom is 0.0992 e. The van der Waals surface area contributed by atoms with Crippen molar-refractivity contribution in [2.24, 2.45) is 5.41 Å². The minimum absolute atomic E-state index is 0.368. The molecule has 0 radical (unpaired) electrons. The van der Waals surface area contributed by atoms with Gasteiger partial charge in [0.15, 0.2) is 0 Å². The van der Waals surface area contributed by atoms with Gasteiger partial charge < -0.3 is 11.1 Å². The molecule has 2 rings (SSSR count). The summed E-state index contributed by atoms with van der Waals surface area (Å²) in [5.74, 6) is 0. The monoisotopic (exact) mass is 243 g/mol. The largest absolute Gasteiger partial charge is 0.397 e. The standard InChI is InChI=1S/C15H21N3/c1-15(7-3-2-4-8-15)11-18-14-9-12(10-16)5-6-13(14)17/h5-6,9,18H,2-4,7-8,11,17H2,1H3. The van der Waals surface area contributed by atoms with Gasteiger partial charge in [-0.1, -0.05) is 26.2 Å². The first-order valence-electron chi connectivity index (χ1n) is 6.66. The molecule has 0 saturated heterocycles. The number of nitrogens with two attached hydrogens (primary N) is 1. The van der Waals surface area contributed by atoms with E-state index in [1.807, 2.05) is 6.07 Å². The molecule has 1 fully saturated rings. The fourth-order valence-corrected chi connectivity index (χ4v) is 2.67. The number of nitrogens with zero attached hydrogens (tertiary/aromatic N) is 1. The lowest BCUT2D eigenvalue weighted by Gasteiger charge is -2.34. The van der Waals surface area contributed by atoms with Gasteiger partial charge in [-0.15, -0.1) is 0 Å². The van der Waals surface area contributed by atoms with E-state index in [2.05, 4.69) is 18.3 Å². The highest BCUT2D eigenvalue weighted by atomic mass is 14.9. The van der Waals surface area contributed by atoms with Crippen molar-refractivity contribution in [1.29, 1.82) is 5.26 Å². The molecule has 0 bridgehead atoms. The molecule has 1 saturated carbocycles. The average molecular weight is 243 g/mol. The molecule has 3 heteroatoms. The third kappa shape index (κ3) is 2.95. The molecule has 0 atom stereocenters. The Labute approximate surface area is 109 Å². The lowest BCUT2D eigenvalue weighted by molar-refractivity contribution is 0.233. The van der Waals surface area contributed by atoms with Crippen LogP contribution in [0.1, 0.15) is 44.6 Å². The van der Waals surface area contributed by atoms with Gasteiger partial charge in [0.25, 0.3) is 0 Å². The van der Waals surface area contributed by atoms with E-state index >= 15 is 0 Å². The van der Waals surface area contributed by atoms with Crippen molar-refractivity contribution < 1.29 is 0 Å². The number of anilines is 2. The third-order valence-electron chi connectivity index (χ3n) is 3.95. The Balaban J connectivity index is 2.03. The van der Waals surface area contributed by atoms with E-state index in [0.717, 1.165) is 12.2 Å². The third-order valence-corrected chi connectivity index (χ3v) is 3.95. The Morgan fingerprint density at radius 1 is 1.33 bits per heavy atom. The normalized spacial score (nSPS) is 18.0. The van der Waals surface area contributed by atoms with Crippen LogP contribution >= 0.6 is 0 Å². The summed E-state index contributed by atoms with van der Waals surface area (Å²) in [6.07, 6.45) is 6.56. The van der Waals surface area contributed by atoms with Gasteiger partial charge in [0.2, 0.25) is 0 Å². The van der Waals surface area contributed by atoms with Crippen LogP contribution in [0.25, 0.3) is 0 Å². The number of benzene rings is 1. The molecule has 1 aromatic rings. The Morgan fingerprint density at radius 2 is 2.06 bits per heavy atom. The van der Waals surface area contributed by atoms with Gasteiger partial charge in [-0.2, -0.15) is 5.26 Å². The minimum atomic E-state index is 0.368. The number of nitrogen functional groups attached to an aromatic ring is 1. The molecule has 96 valence electrons. The van der Waals surface area contributed by atoms with Gasteiger partial charge in [-0.25, -0.2) is 0 Å². The fraction of sp³-hybridized carbons (Fsp3) is 0.533. The van der Waals surface area contributed by atoms with Crippen LogP contribution in [0.4, 0.5) is 11.4 Å². The average Bonchev–Trinajstić information content (AvgIpc) is 2.39. The summed E-state index contributed by atoms with van der Waals surface area (Å²) in [4.78, 5) is 0. The highest BCUT2D eigenvalue weighted by Crippen LogP contribution is 2.36. The highest BCUT2D eigenvalue weighted by Gasteiger charge is 2.26. The molecule has 0 amide bonds. The Bertz CT molecular complexity index is 453. The first-order chi connectivity index (χ1) is 8.63. The second-order valence-electron chi connectivity index (χ2n) is 5.64. The van der Waals surface area contributed by atoms with Gasteiger partial charge in [-0.05, 0) is 36.5 Å². The number of nitrogens with one attached hydrogen (secondary N) is 1. The van der Waals surface area contributed by atoms with Crippen molar-refractivity contribution in [3.63, 3.8) is 0 Å². The molecule has 18 heavy (non-hydrogen) atoms. The predicted molar refractivity (Wildman–Crippen MR) is 75.3 cm³/mol. The predicted octanol–water partition coefficient (Wildman–Crippen LogP) is 3.52. The van der Waals surface area contributed by atoms with E-state index in [9.17, 15) is 0 Å². The van der Waals surface area contributed by atoms with E-state index in [1.54, 1.807) is 12.1 Å². The maximum absolute atomic E-state index is 8.90. The maximum atomic E-state index is 8.90. The zero-order chi connectivity index (χ0) is 13.0. The molecule has 0 spiro atoms. The molecule has 1 aliphatic carbocycles. The zero-order valence-corrected chi connectivity index (χ0v) is 11.0. The quantitative estimate of drug-likeness (QED) is 0.798. The van der Waals surface area contributed by atoms with Crippen molar-refractivity contribution in [2.45, 2.75) is 39.0 Å². The highest BCUT2D eigenvalue weighted by molar-refractivity contribution is 5.68. The summed E-state index contributed by atoms with van der Waals surface area (Å²) in [6, 6.07) is 7.53. The smallest absolute Gasteiger partial charge is 0.0992 e. The molecule has 3 nitrogen and oxygen atoms in total. The second kappa shape index (κ2) is 5.30. The summed E-state index contributed by atoms with van der Waals surface area (Å²) in [6.45, 7) is 3.27. The van der Waals surface area contributed by atoms with Crippen LogP contribution in [0, 0.1) is 16.7 Å². The summed E-state index contributed by atoms with van der Waals surface area (Å²) >= 11 is 0. The van der Waals surface area contributed by atoms with E-state index in [1.165, 1.54) is 32.1 Å². The number of nitriles is 1. The Kier molecular flexibility index (Phi) is 3.76. The van der Waals surface area contributed by atoms with Crippen LogP contribution in [-0.2, 0) is 0 Å². The molecule has 0 aliphatic heterocycles. The topological polar surface area (TPSA) is 61.8 Å². The van der Waals surface area contributed by atoms with Crippen molar-refractivity contribution in [1.82, 2.24) is 0 Å². The van der Waals surface area contributed by atoms with Gasteiger partial charge in [0.1, 0.15) is 0 Å². The fourth-order valence-electron chi connectivity index (χ4n) is 2.67. The van der Waals surface area contributed by atoms with Crippen LogP contribution in [0.2, 0.25) is 0 Å². The number of hydrogen-bond donors (Lipinski definition) is 2. The second-order valence-corrected chi connectivity index (χ2v) is 5.64. The number of hydrogen-bond acceptors (Lipinski definition) is 3. The molecule has 0 unspecified atom stereocenters. The van der Waals surface area contributed by atoms with Crippen LogP contribution in [0.5, 0.6) is 0 Å². The molecule has 1 aromatic carbocycles. The molecular weight excluding hydrogens is 222 g/mol. The van der Waals surface area contributed by atoms with Gasteiger partial charge >= 0.3 is 0 Å². The summed E-state index contributed by atoms with van der Waals surface area (Å²) in [7, 11) is 0. The lowest BCUT2D eigenvalue weighted by atomic mass is 9.75. The van der Waals surface area contributed by atoms with E-state index in [4.69, 9.17) is 11.0 Å². The lowest BCUT2D eigenvalue weighted by Crippen LogP contribution is -2.29. The summed E-state index contributed by atoms with van der Waals surface area (Å²) < 4.78 is 0. The van der Waals surface area contributed by atoms with E-state index < -0.39 is 0 Å². The minimum Gasteiger partial charge on any atom is -0.397 e. The van der Waals surface area contributed by atoms with E-state index in [0.29, 0.717) is 16.7 Å². The number of rotatable bonds is 3. The van der Waals surface area contributed by atoms with Crippen molar-refractivity contribution in [3.05, 3.63) is 23.8 Å². The summed E-state index contributed by atoms with van der Waals surface area (Å²) in [5.41, 5.74) is 8.56. The Hall–Kier alpha value is -1.69. The molecular formula is C15H21N3. The van der Waals surface area contributed by atoms with Crippen LogP contribution < -0.4 is 11.1 Å². The molecule has 0 aromatic heterocycles. The van der Waals surface area contributed by atoms with Crippen LogP contribution in [0.15, 0.2) is 18.2 Å². The van der Waals surface area contributed by atoms with Gasteiger partial charge in [0, 0.05) is 6.54 Å². The molecule has 3 N–H and O–H groups in total. The van der Waals surface area contributed by atoms with Crippen LogP contribution in [-0.4, -0.2) is 6.54 Å². The van der Waals surface area contributed by atoms with Crippen molar-refractivity contribution in [3.8, 4) is 6.07 Å². The van der Waals surface area contributed by atoms with E-state index in [-0.39, 0.29) is 0 Å². The molecule has 0 heterocycles. The SMILES string of the molecule is CC1(CNc2cc(C#N)ccc2N)CCCCC1. The first kappa shape index (κ1) is 12.8. The summed E-state index contributed by atoms with van der Waals surface area (Å²) in [5, 5.41) is 12.3. The van der Waals surface area contributed by atoms with Crippen molar-refractivity contribution in [2.75, 3.05) is 17.6 Å². The first-order valence-corrected chi connectivity index (χ1v) is 6.66. The molecule has 1 aliphatic rings. The Morgan fingerprint density at radius 3 is 2.72 bits per heavy atom.